The number of nitrogens with two attached hydrogens (primary N) is 1. The molecule has 84 valence electrons. The predicted molar refractivity (Wildman–Crippen MR) is 62.8 cm³/mol. The molecule has 0 bridgehead atoms. The van der Waals surface area contributed by atoms with E-state index in [1.54, 1.807) is 0 Å². The van der Waals surface area contributed by atoms with Crippen molar-refractivity contribution in [1.82, 2.24) is 9.97 Å². The Morgan fingerprint density at radius 2 is 1.93 bits per heavy atom. The second kappa shape index (κ2) is 5.21. The molecule has 0 saturated carbocycles. The number of hydrogen-bond donors (Lipinski definition) is 1. The number of aromatic nitrogens is 2. The van der Waals surface area contributed by atoms with Crippen LogP contribution in [-0.2, 0) is 6.42 Å². The van der Waals surface area contributed by atoms with Crippen molar-refractivity contribution in [2.24, 2.45) is 11.7 Å². The second-order valence-corrected chi connectivity index (χ2v) is 4.55. The van der Waals surface area contributed by atoms with E-state index in [0.717, 1.165) is 23.6 Å². The van der Waals surface area contributed by atoms with Gasteiger partial charge in [0.25, 0.3) is 0 Å². The first-order valence-electron chi connectivity index (χ1n) is 5.57. The third-order valence-corrected chi connectivity index (χ3v) is 2.45. The van der Waals surface area contributed by atoms with Crippen LogP contribution in [0.2, 0.25) is 0 Å². The molecule has 15 heavy (non-hydrogen) atoms. The van der Waals surface area contributed by atoms with Gasteiger partial charge in [0, 0.05) is 17.8 Å². The first-order chi connectivity index (χ1) is 7.02. The largest absolute Gasteiger partial charge is 0.330 e. The van der Waals surface area contributed by atoms with E-state index in [0.29, 0.717) is 18.4 Å². The van der Waals surface area contributed by atoms with Gasteiger partial charge in [-0.2, -0.15) is 0 Å². The van der Waals surface area contributed by atoms with E-state index in [9.17, 15) is 0 Å². The third kappa shape index (κ3) is 3.59. The van der Waals surface area contributed by atoms with Crippen LogP contribution in [0.15, 0.2) is 6.07 Å². The maximum atomic E-state index is 5.60. The lowest BCUT2D eigenvalue weighted by molar-refractivity contribution is 0.568. The fourth-order valence-corrected chi connectivity index (χ4v) is 1.44. The molecule has 0 fully saturated rings. The van der Waals surface area contributed by atoms with Gasteiger partial charge in [-0.3, -0.25) is 0 Å². The minimum atomic E-state index is 0.451. The summed E-state index contributed by atoms with van der Waals surface area (Å²) >= 11 is 0. The zero-order chi connectivity index (χ0) is 11.4. The highest BCUT2D eigenvalue weighted by molar-refractivity contribution is 5.13. The van der Waals surface area contributed by atoms with Gasteiger partial charge in [-0.1, -0.05) is 20.8 Å². The molecule has 2 N–H and O–H groups in total. The maximum absolute atomic E-state index is 5.60. The highest BCUT2D eigenvalue weighted by Crippen LogP contribution is 2.13. The highest BCUT2D eigenvalue weighted by Gasteiger charge is 2.08. The van der Waals surface area contributed by atoms with E-state index in [1.807, 2.05) is 6.92 Å². The van der Waals surface area contributed by atoms with Gasteiger partial charge in [-0.25, -0.2) is 9.97 Å². The summed E-state index contributed by atoms with van der Waals surface area (Å²) in [6, 6.07) is 2.06. The topological polar surface area (TPSA) is 51.8 Å². The predicted octanol–water partition coefficient (Wildman–Crippen LogP) is 2.05. The first kappa shape index (κ1) is 12.1. The Morgan fingerprint density at radius 1 is 1.27 bits per heavy atom. The molecule has 0 aromatic carbocycles. The van der Waals surface area contributed by atoms with Crippen LogP contribution in [0, 0.1) is 12.8 Å². The van der Waals surface area contributed by atoms with Gasteiger partial charge in [-0.15, -0.1) is 0 Å². The average Bonchev–Trinajstić information content (AvgIpc) is 2.16. The van der Waals surface area contributed by atoms with Gasteiger partial charge < -0.3 is 5.73 Å². The molecule has 1 heterocycles. The minimum Gasteiger partial charge on any atom is -0.330 e. The van der Waals surface area contributed by atoms with Crippen molar-refractivity contribution >= 4 is 0 Å². The van der Waals surface area contributed by atoms with Crippen LogP contribution < -0.4 is 5.73 Å². The standard InChI is InChI=1S/C12H21N3/c1-8(2)11-6-10(4)14-12(15-11)5-9(3)7-13/h6,8-9H,5,7,13H2,1-4H3. The van der Waals surface area contributed by atoms with E-state index >= 15 is 0 Å². The van der Waals surface area contributed by atoms with Crippen LogP contribution in [0.4, 0.5) is 0 Å². The van der Waals surface area contributed by atoms with Crippen molar-refractivity contribution in [2.45, 2.75) is 40.0 Å². The molecule has 1 rings (SSSR count). The van der Waals surface area contributed by atoms with Crippen molar-refractivity contribution in [2.75, 3.05) is 6.54 Å². The molecule has 1 unspecified atom stereocenters. The lowest BCUT2D eigenvalue weighted by atomic mass is 10.1. The Labute approximate surface area is 92.1 Å². The molecule has 0 aliphatic heterocycles. The Balaban J connectivity index is 2.88. The summed E-state index contributed by atoms with van der Waals surface area (Å²) in [6.07, 6.45) is 0.873. The van der Waals surface area contributed by atoms with E-state index < -0.39 is 0 Å². The Morgan fingerprint density at radius 3 is 2.47 bits per heavy atom. The van der Waals surface area contributed by atoms with E-state index in [4.69, 9.17) is 5.73 Å². The summed E-state index contributed by atoms with van der Waals surface area (Å²) in [4.78, 5) is 8.99. The Kier molecular flexibility index (Phi) is 4.21. The van der Waals surface area contributed by atoms with Crippen molar-refractivity contribution < 1.29 is 0 Å². The molecular formula is C12H21N3. The molecule has 0 saturated heterocycles. The second-order valence-electron chi connectivity index (χ2n) is 4.55. The van der Waals surface area contributed by atoms with Crippen LogP contribution in [0.5, 0.6) is 0 Å². The van der Waals surface area contributed by atoms with Gasteiger partial charge in [0.1, 0.15) is 5.82 Å². The number of rotatable bonds is 4. The fraction of sp³-hybridized carbons (Fsp3) is 0.667. The molecule has 3 heteroatoms. The Hall–Kier alpha value is -0.960. The molecule has 1 aromatic heterocycles. The molecule has 3 nitrogen and oxygen atoms in total. The minimum absolute atomic E-state index is 0.451. The van der Waals surface area contributed by atoms with Crippen LogP contribution >= 0.6 is 0 Å². The first-order valence-corrected chi connectivity index (χ1v) is 5.57. The summed E-state index contributed by atoms with van der Waals surface area (Å²) in [7, 11) is 0. The molecule has 0 radical (unpaired) electrons. The summed E-state index contributed by atoms with van der Waals surface area (Å²) < 4.78 is 0. The number of aryl methyl sites for hydroxylation is 1. The van der Waals surface area contributed by atoms with Crippen molar-refractivity contribution in [3.8, 4) is 0 Å². The molecule has 1 aromatic rings. The van der Waals surface area contributed by atoms with Crippen LogP contribution in [0.3, 0.4) is 0 Å². The Bertz CT molecular complexity index is 321. The van der Waals surface area contributed by atoms with Crippen LogP contribution in [0.1, 0.15) is 43.9 Å². The lowest BCUT2D eigenvalue weighted by Crippen LogP contribution is -2.15. The molecular weight excluding hydrogens is 186 g/mol. The van der Waals surface area contributed by atoms with Gasteiger partial charge in [0.05, 0.1) is 0 Å². The smallest absolute Gasteiger partial charge is 0.129 e. The van der Waals surface area contributed by atoms with Crippen molar-refractivity contribution in [1.29, 1.82) is 0 Å². The molecule has 1 atom stereocenters. The number of nitrogens with zero attached hydrogens (tertiary/aromatic N) is 2. The van der Waals surface area contributed by atoms with Gasteiger partial charge in [0.2, 0.25) is 0 Å². The number of hydrogen-bond acceptors (Lipinski definition) is 3. The molecule has 0 aliphatic carbocycles. The van der Waals surface area contributed by atoms with E-state index in [-0.39, 0.29) is 0 Å². The summed E-state index contributed by atoms with van der Waals surface area (Å²) in [5, 5.41) is 0. The average molecular weight is 207 g/mol. The van der Waals surface area contributed by atoms with E-state index in [2.05, 4.69) is 36.8 Å². The highest BCUT2D eigenvalue weighted by atomic mass is 14.9. The zero-order valence-electron chi connectivity index (χ0n) is 10.1. The zero-order valence-corrected chi connectivity index (χ0v) is 10.1. The molecule has 0 aliphatic rings. The van der Waals surface area contributed by atoms with E-state index in [1.165, 1.54) is 0 Å². The SMILES string of the molecule is Cc1cc(C(C)C)nc(CC(C)CN)n1. The fourth-order valence-electron chi connectivity index (χ4n) is 1.44. The maximum Gasteiger partial charge on any atom is 0.129 e. The van der Waals surface area contributed by atoms with Crippen molar-refractivity contribution in [3.05, 3.63) is 23.3 Å². The van der Waals surface area contributed by atoms with Gasteiger partial charge >= 0.3 is 0 Å². The summed E-state index contributed by atoms with van der Waals surface area (Å²) in [5.41, 5.74) is 7.78. The van der Waals surface area contributed by atoms with Gasteiger partial charge in [0.15, 0.2) is 0 Å². The molecule has 0 amide bonds. The normalized spacial score (nSPS) is 13.2. The van der Waals surface area contributed by atoms with Gasteiger partial charge in [-0.05, 0) is 31.4 Å². The van der Waals surface area contributed by atoms with Crippen LogP contribution in [0.25, 0.3) is 0 Å². The lowest BCUT2D eigenvalue weighted by Gasteiger charge is -2.11. The van der Waals surface area contributed by atoms with Crippen LogP contribution in [-0.4, -0.2) is 16.5 Å². The summed E-state index contributed by atoms with van der Waals surface area (Å²) in [6.45, 7) is 9.13. The summed E-state index contributed by atoms with van der Waals surface area (Å²) in [5.74, 6) is 1.84. The third-order valence-electron chi connectivity index (χ3n) is 2.45. The van der Waals surface area contributed by atoms with Crippen molar-refractivity contribution in [3.63, 3.8) is 0 Å². The molecule has 0 spiro atoms. The quantitative estimate of drug-likeness (QED) is 0.822. The monoisotopic (exact) mass is 207 g/mol.